The van der Waals surface area contributed by atoms with Crippen molar-refractivity contribution in [3.05, 3.63) is 23.8 Å². The zero-order chi connectivity index (χ0) is 12.8. The summed E-state index contributed by atoms with van der Waals surface area (Å²) in [6.45, 7) is 6.06. The molecule has 0 aliphatic heterocycles. The summed E-state index contributed by atoms with van der Waals surface area (Å²) in [4.78, 5) is 21.8. The first-order chi connectivity index (χ1) is 8.06. The highest BCUT2D eigenvalue weighted by atomic mass is 16.2. The number of aromatic nitrogens is 2. The molecule has 0 spiro atoms. The Morgan fingerprint density at radius 2 is 2.18 bits per heavy atom. The molecule has 0 saturated carbocycles. The van der Waals surface area contributed by atoms with Crippen molar-refractivity contribution in [2.75, 3.05) is 6.54 Å². The maximum absolute atomic E-state index is 12.1. The highest BCUT2D eigenvalue weighted by Gasteiger charge is 2.19. The molecule has 0 bridgehead atoms. The monoisotopic (exact) mass is 232 g/mol. The molecule has 90 valence electrons. The average Bonchev–Trinajstić information content (AvgIpc) is 2.29. The van der Waals surface area contributed by atoms with Crippen molar-refractivity contribution in [2.24, 2.45) is 0 Å². The molecule has 5 nitrogen and oxygen atoms in total. The molecule has 5 heteroatoms. The van der Waals surface area contributed by atoms with E-state index in [2.05, 4.69) is 9.97 Å². The maximum Gasteiger partial charge on any atom is 0.274 e. The molecule has 1 aromatic rings. The van der Waals surface area contributed by atoms with Gasteiger partial charge in [-0.25, -0.2) is 4.98 Å². The lowest BCUT2D eigenvalue weighted by Crippen LogP contribution is -2.38. The van der Waals surface area contributed by atoms with Gasteiger partial charge in [0.05, 0.1) is 24.4 Å². The lowest BCUT2D eigenvalue weighted by molar-refractivity contribution is 0.0703. The number of carbonyl (C=O) groups excluding carboxylic acids is 1. The zero-order valence-corrected chi connectivity index (χ0v) is 10.3. The van der Waals surface area contributed by atoms with Crippen molar-refractivity contribution >= 4 is 5.91 Å². The van der Waals surface area contributed by atoms with Crippen LogP contribution in [0.3, 0.4) is 0 Å². The summed E-state index contributed by atoms with van der Waals surface area (Å²) >= 11 is 0. The number of carbonyl (C=O) groups is 1. The predicted octanol–water partition coefficient (Wildman–Crippen LogP) is 1.55. The number of hydrogen-bond donors (Lipinski definition) is 0. The largest absolute Gasteiger partial charge is 0.334 e. The van der Waals surface area contributed by atoms with E-state index in [9.17, 15) is 4.79 Å². The molecular formula is C12H16N4O. The van der Waals surface area contributed by atoms with E-state index >= 15 is 0 Å². The summed E-state index contributed by atoms with van der Waals surface area (Å²) in [5, 5.41) is 8.57. The smallest absolute Gasteiger partial charge is 0.274 e. The van der Waals surface area contributed by atoms with Crippen molar-refractivity contribution in [1.29, 1.82) is 5.26 Å². The molecule has 0 aliphatic carbocycles. The van der Waals surface area contributed by atoms with Gasteiger partial charge in [-0.1, -0.05) is 0 Å². The van der Waals surface area contributed by atoms with E-state index in [-0.39, 0.29) is 11.9 Å². The van der Waals surface area contributed by atoms with Crippen LogP contribution in [0.25, 0.3) is 0 Å². The fraction of sp³-hybridized carbons (Fsp3) is 0.500. The van der Waals surface area contributed by atoms with Gasteiger partial charge in [-0.05, 0) is 20.8 Å². The second-order valence-electron chi connectivity index (χ2n) is 4.04. The van der Waals surface area contributed by atoms with E-state index in [4.69, 9.17) is 5.26 Å². The molecule has 1 heterocycles. The van der Waals surface area contributed by atoms with E-state index in [0.717, 1.165) is 5.69 Å². The maximum atomic E-state index is 12.1. The third-order valence-corrected chi connectivity index (χ3v) is 2.35. The summed E-state index contributed by atoms with van der Waals surface area (Å²) in [6.07, 6.45) is 3.36. The Labute approximate surface area is 101 Å². The van der Waals surface area contributed by atoms with E-state index < -0.39 is 0 Å². The molecule has 0 N–H and O–H groups in total. The third kappa shape index (κ3) is 3.52. The summed E-state index contributed by atoms with van der Waals surface area (Å²) in [7, 11) is 0. The minimum absolute atomic E-state index is 0.0407. The zero-order valence-electron chi connectivity index (χ0n) is 10.3. The minimum atomic E-state index is -0.178. The van der Waals surface area contributed by atoms with Crippen LogP contribution in [0.2, 0.25) is 0 Å². The van der Waals surface area contributed by atoms with Gasteiger partial charge in [-0.15, -0.1) is 0 Å². The predicted molar refractivity (Wildman–Crippen MR) is 63.2 cm³/mol. The fourth-order valence-corrected chi connectivity index (χ4v) is 1.41. The molecule has 17 heavy (non-hydrogen) atoms. The van der Waals surface area contributed by atoms with Crippen molar-refractivity contribution < 1.29 is 4.79 Å². The Morgan fingerprint density at radius 1 is 1.47 bits per heavy atom. The van der Waals surface area contributed by atoms with Gasteiger partial charge in [0.25, 0.3) is 5.91 Å². The second-order valence-corrected chi connectivity index (χ2v) is 4.04. The van der Waals surface area contributed by atoms with Gasteiger partial charge in [0.1, 0.15) is 5.69 Å². The van der Waals surface area contributed by atoms with Gasteiger partial charge in [0, 0.05) is 18.8 Å². The highest BCUT2D eigenvalue weighted by Crippen LogP contribution is 2.06. The van der Waals surface area contributed by atoms with Crippen LogP contribution in [0.1, 0.15) is 36.5 Å². The van der Waals surface area contributed by atoms with Gasteiger partial charge < -0.3 is 4.90 Å². The SMILES string of the molecule is Cc1cnc(C(=O)N(CCC#N)C(C)C)cn1. The van der Waals surface area contributed by atoms with E-state index in [1.807, 2.05) is 26.8 Å². The molecule has 0 unspecified atom stereocenters. The first-order valence-electron chi connectivity index (χ1n) is 5.52. The topological polar surface area (TPSA) is 69.9 Å². The molecule has 0 atom stereocenters. The molecule has 1 amide bonds. The molecule has 1 rings (SSSR count). The summed E-state index contributed by atoms with van der Waals surface area (Å²) < 4.78 is 0. The van der Waals surface area contributed by atoms with Crippen LogP contribution in [0, 0.1) is 18.3 Å². The number of rotatable bonds is 4. The van der Waals surface area contributed by atoms with Crippen LogP contribution >= 0.6 is 0 Å². The average molecular weight is 232 g/mol. The first-order valence-corrected chi connectivity index (χ1v) is 5.52. The fourth-order valence-electron chi connectivity index (χ4n) is 1.41. The number of aryl methyl sites for hydroxylation is 1. The molecule has 1 aromatic heterocycles. The normalized spacial score (nSPS) is 10.1. The van der Waals surface area contributed by atoms with Crippen molar-refractivity contribution in [2.45, 2.75) is 33.2 Å². The quantitative estimate of drug-likeness (QED) is 0.789. The minimum Gasteiger partial charge on any atom is -0.334 e. The van der Waals surface area contributed by atoms with E-state index in [0.29, 0.717) is 18.7 Å². The number of nitrogens with zero attached hydrogens (tertiary/aromatic N) is 4. The standard InChI is InChI=1S/C12H16N4O/c1-9(2)16(6-4-5-13)12(17)11-8-14-10(3)7-15-11/h7-9H,4,6H2,1-3H3. The summed E-state index contributed by atoms with van der Waals surface area (Å²) in [5.41, 5.74) is 1.09. The van der Waals surface area contributed by atoms with Crippen LogP contribution in [-0.4, -0.2) is 33.4 Å². The molecule has 0 aliphatic rings. The van der Waals surface area contributed by atoms with Gasteiger partial charge in [0.15, 0.2) is 0 Å². The Bertz CT molecular complexity index is 419. The van der Waals surface area contributed by atoms with Gasteiger partial charge in [-0.2, -0.15) is 5.26 Å². The number of nitriles is 1. The van der Waals surface area contributed by atoms with E-state index in [1.165, 1.54) is 6.20 Å². The van der Waals surface area contributed by atoms with Crippen LogP contribution in [-0.2, 0) is 0 Å². The van der Waals surface area contributed by atoms with Crippen molar-refractivity contribution in [3.63, 3.8) is 0 Å². The lowest BCUT2D eigenvalue weighted by Gasteiger charge is -2.25. The Morgan fingerprint density at radius 3 is 2.65 bits per heavy atom. The van der Waals surface area contributed by atoms with Gasteiger partial charge in [-0.3, -0.25) is 9.78 Å². The molecule has 0 saturated heterocycles. The number of hydrogen-bond acceptors (Lipinski definition) is 4. The van der Waals surface area contributed by atoms with E-state index in [1.54, 1.807) is 11.1 Å². The molecule has 0 fully saturated rings. The Kier molecular flexibility index (Phi) is 4.58. The highest BCUT2D eigenvalue weighted by molar-refractivity contribution is 5.92. The van der Waals surface area contributed by atoms with Crippen LogP contribution in [0.4, 0.5) is 0 Å². The molecule has 0 radical (unpaired) electrons. The first kappa shape index (κ1) is 13.1. The van der Waals surface area contributed by atoms with Crippen LogP contribution < -0.4 is 0 Å². The van der Waals surface area contributed by atoms with Crippen LogP contribution in [0.5, 0.6) is 0 Å². The Balaban J connectivity index is 2.84. The van der Waals surface area contributed by atoms with Crippen molar-refractivity contribution in [3.8, 4) is 6.07 Å². The lowest BCUT2D eigenvalue weighted by atomic mass is 10.2. The molecular weight excluding hydrogens is 216 g/mol. The van der Waals surface area contributed by atoms with Crippen LogP contribution in [0.15, 0.2) is 12.4 Å². The van der Waals surface area contributed by atoms with Gasteiger partial charge in [0.2, 0.25) is 0 Å². The Hall–Kier alpha value is -1.96. The second kappa shape index (κ2) is 5.94. The summed E-state index contributed by atoms with van der Waals surface area (Å²) in [6, 6.07) is 2.08. The van der Waals surface area contributed by atoms with Crippen molar-refractivity contribution in [1.82, 2.24) is 14.9 Å². The number of amides is 1. The molecule has 0 aromatic carbocycles. The third-order valence-electron chi connectivity index (χ3n) is 2.35. The summed E-state index contributed by atoms with van der Waals surface area (Å²) in [5.74, 6) is -0.178. The van der Waals surface area contributed by atoms with Gasteiger partial charge >= 0.3 is 0 Å².